The lowest BCUT2D eigenvalue weighted by molar-refractivity contribution is 0.596. The van der Waals surface area contributed by atoms with Crippen LogP contribution in [0.1, 0.15) is 51.2 Å². The Morgan fingerprint density at radius 1 is 1.10 bits per heavy atom. The van der Waals surface area contributed by atoms with Crippen LogP contribution in [0.15, 0.2) is 18.2 Å². The summed E-state index contributed by atoms with van der Waals surface area (Å²) in [7, 11) is 0. The number of aromatic nitrogens is 1. The van der Waals surface area contributed by atoms with E-state index in [4.69, 9.17) is 4.98 Å². The van der Waals surface area contributed by atoms with Crippen molar-refractivity contribution in [2.45, 2.75) is 52.6 Å². The summed E-state index contributed by atoms with van der Waals surface area (Å²) >= 11 is 1.83. The van der Waals surface area contributed by atoms with Gasteiger partial charge in [-0.3, -0.25) is 0 Å². The van der Waals surface area contributed by atoms with Crippen LogP contribution in [-0.2, 0) is 0 Å². The van der Waals surface area contributed by atoms with E-state index in [-0.39, 0.29) is 6.04 Å². The van der Waals surface area contributed by atoms with Crippen LogP contribution in [-0.4, -0.2) is 11.0 Å². The lowest BCUT2D eigenvalue weighted by Gasteiger charge is -2.18. The predicted molar refractivity (Wildman–Crippen MR) is 85.5 cm³/mol. The largest absolute Gasteiger partial charge is 0.301 e. The van der Waals surface area contributed by atoms with Gasteiger partial charge in [0, 0.05) is 10.9 Å². The van der Waals surface area contributed by atoms with E-state index in [0.29, 0.717) is 6.04 Å². The van der Waals surface area contributed by atoms with Crippen molar-refractivity contribution >= 4 is 11.3 Å². The second-order valence-corrected chi connectivity index (χ2v) is 7.22. The second-order valence-electron chi connectivity index (χ2n) is 5.99. The van der Waals surface area contributed by atoms with Crippen LogP contribution in [0, 0.1) is 27.7 Å². The first-order valence-electron chi connectivity index (χ1n) is 7.31. The predicted octanol–water partition coefficient (Wildman–Crippen LogP) is 4.22. The molecule has 0 aliphatic heterocycles. The number of thiazole rings is 1. The topological polar surface area (TPSA) is 24.9 Å². The highest BCUT2D eigenvalue weighted by molar-refractivity contribution is 7.11. The van der Waals surface area contributed by atoms with Crippen LogP contribution in [0.25, 0.3) is 0 Å². The molecule has 2 aromatic rings. The van der Waals surface area contributed by atoms with Crippen LogP contribution in [0.2, 0.25) is 0 Å². The molecule has 1 unspecified atom stereocenters. The molecule has 0 radical (unpaired) electrons. The summed E-state index contributed by atoms with van der Waals surface area (Å²) in [6.45, 7) is 8.60. The molecule has 1 heterocycles. The smallest absolute Gasteiger partial charge is 0.115 e. The molecule has 1 aliphatic carbocycles. The van der Waals surface area contributed by atoms with Gasteiger partial charge in [0.25, 0.3) is 0 Å². The van der Waals surface area contributed by atoms with Crippen LogP contribution < -0.4 is 5.32 Å². The molecule has 3 rings (SSSR count). The molecule has 0 amide bonds. The zero-order chi connectivity index (χ0) is 14.3. The lowest BCUT2D eigenvalue weighted by Crippen LogP contribution is -2.24. The maximum Gasteiger partial charge on any atom is 0.115 e. The molecule has 0 bridgehead atoms. The fourth-order valence-electron chi connectivity index (χ4n) is 2.59. The van der Waals surface area contributed by atoms with Gasteiger partial charge in [-0.15, -0.1) is 11.3 Å². The molecule has 3 heteroatoms. The molecule has 20 heavy (non-hydrogen) atoms. The van der Waals surface area contributed by atoms with Crippen molar-refractivity contribution in [1.82, 2.24) is 10.3 Å². The lowest BCUT2D eigenvalue weighted by atomic mass is 10.0. The Morgan fingerprint density at radius 2 is 1.75 bits per heavy atom. The maximum atomic E-state index is 4.78. The monoisotopic (exact) mass is 286 g/mol. The number of nitrogens with zero attached hydrogens (tertiary/aromatic N) is 1. The van der Waals surface area contributed by atoms with Crippen molar-refractivity contribution < 1.29 is 0 Å². The van der Waals surface area contributed by atoms with E-state index in [2.05, 4.69) is 51.2 Å². The third-order valence-electron chi connectivity index (χ3n) is 3.85. The van der Waals surface area contributed by atoms with Gasteiger partial charge in [-0.25, -0.2) is 4.98 Å². The first-order chi connectivity index (χ1) is 9.52. The molecule has 106 valence electrons. The summed E-state index contributed by atoms with van der Waals surface area (Å²) in [6, 6.07) is 7.73. The van der Waals surface area contributed by atoms with E-state index < -0.39 is 0 Å². The highest BCUT2D eigenvalue weighted by Gasteiger charge is 2.28. The summed E-state index contributed by atoms with van der Waals surface area (Å²) in [5.41, 5.74) is 5.17. The van der Waals surface area contributed by atoms with Gasteiger partial charge in [0.1, 0.15) is 5.01 Å². The number of hydrogen-bond acceptors (Lipinski definition) is 3. The van der Waals surface area contributed by atoms with Crippen molar-refractivity contribution in [3.05, 3.63) is 50.5 Å². The van der Waals surface area contributed by atoms with Gasteiger partial charge in [0.2, 0.25) is 0 Å². The average molecular weight is 286 g/mol. The van der Waals surface area contributed by atoms with Crippen molar-refractivity contribution in [3.8, 4) is 0 Å². The molecule has 0 spiro atoms. The van der Waals surface area contributed by atoms with Crippen molar-refractivity contribution in [1.29, 1.82) is 0 Å². The average Bonchev–Trinajstić information content (AvgIpc) is 3.12. The van der Waals surface area contributed by atoms with Crippen molar-refractivity contribution in [3.63, 3.8) is 0 Å². The maximum absolute atomic E-state index is 4.78. The SMILES string of the molecule is Cc1cc(C)cc(C(NC2CC2)c2nc(C)c(C)s2)c1. The van der Waals surface area contributed by atoms with Crippen LogP contribution in [0.3, 0.4) is 0 Å². The molecule has 1 aliphatic rings. The summed E-state index contributed by atoms with van der Waals surface area (Å²) in [5.74, 6) is 0. The summed E-state index contributed by atoms with van der Waals surface area (Å²) in [6.07, 6.45) is 2.59. The van der Waals surface area contributed by atoms with E-state index in [1.54, 1.807) is 0 Å². The second kappa shape index (κ2) is 5.30. The Labute approximate surface area is 125 Å². The molecule has 1 atom stereocenters. The van der Waals surface area contributed by atoms with Crippen molar-refractivity contribution in [2.24, 2.45) is 0 Å². The normalized spacial score (nSPS) is 16.4. The van der Waals surface area contributed by atoms with Gasteiger partial charge in [-0.1, -0.05) is 29.3 Å². The van der Waals surface area contributed by atoms with Crippen molar-refractivity contribution in [2.75, 3.05) is 0 Å². The highest BCUT2D eigenvalue weighted by Crippen LogP contribution is 2.32. The standard InChI is InChI=1S/C17H22N2S/c1-10-7-11(2)9-14(8-10)16(19-15-5-6-15)17-18-12(3)13(4)20-17/h7-9,15-16,19H,5-6H2,1-4H3. The van der Waals surface area contributed by atoms with Crippen LogP contribution >= 0.6 is 11.3 Å². The number of rotatable bonds is 4. The Kier molecular flexibility index (Phi) is 3.65. The molecule has 1 aromatic heterocycles. The molecule has 2 nitrogen and oxygen atoms in total. The zero-order valence-corrected chi connectivity index (χ0v) is 13.5. The van der Waals surface area contributed by atoms with Gasteiger partial charge in [0.05, 0.1) is 11.7 Å². The number of aryl methyl sites for hydroxylation is 4. The van der Waals surface area contributed by atoms with Gasteiger partial charge < -0.3 is 5.32 Å². The van der Waals surface area contributed by atoms with Gasteiger partial charge >= 0.3 is 0 Å². The van der Waals surface area contributed by atoms with Gasteiger partial charge in [-0.2, -0.15) is 0 Å². The fourth-order valence-corrected chi connectivity index (χ4v) is 3.60. The summed E-state index contributed by atoms with van der Waals surface area (Å²) < 4.78 is 0. The molecule has 1 fully saturated rings. The first-order valence-corrected chi connectivity index (χ1v) is 8.13. The van der Waals surface area contributed by atoms with E-state index in [0.717, 1.165) is 5.69 Å². The molecule has 1 aromatic carbocycles. The Balaban J connectivity index is 2.00. The minimum atomic E-state index is 0.249. The third-order valence-corrected chi connectivity index (χ3v) is 4.99. The van der Waals surface area contributed by atoms with E-state index >= 15 is 0 Å². The molecule has 0 saturated heterocycles. The minimum absolute atomic E-state index is 0.249. The molecular weight excluding hydrogens is 264 g/mol. The Morgan fingerprint density at radius 3 is 2.25 bits per heavy atom. The molecule has 1 saturated carbocycles. The summed E-state index contributed by atoms with van der Waals surface area (Å²) in [5, 5.41) is 4.97. The summed E-state index contributed by atoms with van der Waals surface area (Å²) in [4.78, 5) is 6.11. The number of hydrogen-bond donors (Lipinski definition) is 1. The van der Waals surface area contributed by atoms with Gasteiger partial charge in [-0.05, 0) is 46.1 Å². The fraction of sp³-hybridized carbons (Fsp3) is 0.471. The van der Waals surface area contributed by atoms with E-state index in [1.165, 1.54) is 39.4 Å². The van der Waals surface area contributed by atoms with E-state index in [1.807, 2.05) is 11.3 Å². The van der Waals surface area contributed by atoms with Gasteiger partial charge in [0.15, 0.2) is 0 Å². The zero-order valence-electron chi connectivity index (χ0n) is 12.7. The van der Waals surface area contributed by atoms with E-state index in [9.17, 15) is 0 Å². The van der Waals surface area contributed by atoms with Crippen LogP contribution in [0.4, 0.5) is 0 Å². The molecular formula is C17H22N2S. The highest BCUT2D eigenvalue weighted by atomic mass is 32.1. The number of benzene rings is 1. The quantitative estimate of drug-likeness (QED) is 0.910. The Bertz CT molecular complexity index is 586. The minimum Gasteiger partial charge on any atom is -0.301 e. The molecule has 1 N–H and O–H groups in total. The Hall–Kier alpha value is -1.19. The third kappa shape index (κ3) is 2.94. The van der Waals surface area contributed by atoms with Crippen LogP contribution in [0.5, 0.6) is 0 Å². The first kappa shape index (κ1) is 13.8. The number of nitrogens with one attached hydrogen (secondary N) is 1.